The number of hydrogen-bond acceptors (Lipinski definition) is 3. The average molecular weight is 448 g/mol. The molecule has 0 radical (unpaired) electrons. The summed E-state index contributed by atoms with van der Waals surface area (Å²) in [7, 11) is 8.02. The molecule has 0 aliphatic carbocycles. The number of nitrogens with zero attached hydrogens (tertiary/aromatic N) is 4. The van der Waals surface area contributed by atoms with Crippen LogP contribution in [0.15, 0.2) is 29.3 Å². The van der Waals surface area contributed by atoms with E-state index < -0.39 is 0 Å². The van der Waals surface area contributed by atoms with Crippen molar-refractivity contribution in [2.75, 3.05) is 54.4 Å². The first-order valence-electron chi connectivity index (χ1n) is 8.31. The molecule has 0 aliphatic rings. The lowest BCUT2D eigenvalue weighted by atomic mass is 10.2. The molecule has 1 aromatic rings. The van der Waals surface area contributed by atoms with Crippen molar-refractivity contribution >= 4 is 29.9 Å². The van der Waals surface area contributed by atoms with Crippen LogP contribution in [0.3, 0.4) is 0 Å². The Balaban J connectivity index is 0.00000529. The standard InChI is InChI=1S/C18H32N4O.HI/c1-7-22(8-2)13-14-23-17-11-9-16(10-12-17)15-19-18(20(3)4)21(5)6;/h9-12H,7-8,13-15H2,1-6H3;1H. The Morgan fingerprint density at radius 2 is 1.50 bits per heavy atom. The van der Waals surface area contributed by atoms with Crippen LogP contribution in [0.5, 0.6) is 5.75 Å². The van der Waals surface area contributed by atoms with E-state index in [1.807, 2.05) is 50.1 Å². The average Bonchev–Trinajstić information content (AvgIpc) is 2.52. The number of likely N-dealkylation sites (N-methyl/N-ethyl adjacent to an activating group) is 1. The fraction of sp³-hybridized carbons (Fsp3) is 0.611. The number of rotatable bonds is 8. The topological polar surface area (TPSA) is 31.3 Å². The van der Waals surface area contributed by atoms with Crippen LogP contribution in [0.4, 0.5) is 0 Å². The first kappa shape index (κ1) is 23.0. The maximum atomic E-state index is 5.80. The zero-order chi connectivity index (χ0) is 17.2. The third-order valence-electron chi connectivity index (χ3n) is 3.70. The highest BCUT2D eigenvalue weighted by Crippen LogP contribution is 2.13. The number of ether oxygens (including phenoxy) is 1. The van der Waals surface area contributed by atoms with Crippen LogP contribution in [-0.4, -0.2) is 75.1 Å². The molecule has 0 saturated carbocycles. The normalized spacial score (nSPS) is 10.1. The fourth-order valence-electron chi connectivity index (χ4n) is 2.37. The second kappa shape index (κ2) is 12.4. The van der Waals surface area contributed by atoms with E-state index in [0.717, 1.165) is 38.0 Å². The van der Waals surface area contributed by atoms with E-state index >= 15 is 0 Å². The highest BCUT2D eigenvalue weighted by molar-refractivity contribution is 14.0. The molecule has 0 saturated heterocycles. The van der Waals surface area contributed by atoms with Crippen LogP contribution in [0.1, 0.15) is 19.4 Å². The quantitative estimate of drug-likeness (QED) is 0.348. The summed E-state index contributed by atoms with van der Waals surface area (Å²) in [5.41, 5.74) is 1.18. The lowest BCUT2D eigenvalue weighted by Gasteiger charge is -2.22. The molecule has 0 aromatic heterocycles. The van der Waals surface area contributed by atoms with Crippen molar-refractivity contribution in [1.82, 2.24) is 14.7 Å². The molecule has 0 heterocycles. The van der Waals surface area contributed by atoms with Gasteiger partial charge in [0.25, 0.3) is 0 Å². The van der Waals surface area contributed by atoms with Gasteiger partial charge in [0.2, 0.25) is 0 Å². The van der Waals surface area contributed by atoms with Crippen molar-refractivity contribution in [3.8, 4) is 5.75 Å². The van der Waals surface area contributed by atoms with Gasteiger partial charge in [0.05, 0.1) is 6.54 Å². The SMILES string of the molecule is CCN(CC)CCOc1ccc(CN=C(N(C)C)N(C)C)cc1.I. The van der Waals surface area contributed by atoms with Gasteiger partial charge >= 0.3 is 0 Å². The number of benzene rings is 1. The second-order valence-corrected chi connectivity index (χ2v) is 5.92. The molecule has 138 valence electrons. The molecule has 0 spiro atoms. The van der Waals surface area contributed by atoms with Crippen molar-refractivity contribution in [1.29, 1.82) is 0 Å². The third-order valence-corrected chi connectivity index (χ3v) is 3.70. The predicted molar refractivity (Wildman–Crippen MR) is 114 cm³/mol. The molecule has 24 heavy (non-hydrogen) atoms. The molecule has 1 aromatic carbocycles. The summed E-state index contributed by atoms with van der Waals surface area (Å²) < 4.78 is 5.80. The van der Waals surface area contributed by atoms with Gasteiger partial charge in [-0.2, -0.15) is 0 Å². The zero-order valence-electron chi connectivity index (χ0n) is 16.0. The van der Waals surface area contributed by atoms with Gasteiger partial charge in [0.15, 0.2) is 5.96 Å². The van der Waals surface area contributed by atoms with Gasteiger partial charge < -0.3 is 19.4 Å². The molecule has 6 heteroatoms. The van der Waals surface area contributed by atoms with E-state index in [0.29, 0.717) is 6.54 Å². The highest BCUT2D eigenvalue weighted by Gasteiger charge is 2.04. The van der Waals surface area contributed by atoms with Gasteiger partial charge in [-0.05, 0) is 30.8 Å². The number of halogens is 1. The lowest BCUT2D eigenvalue weighted by Crippen LogP contribution is -2.35. The Labute approximate surface area is 164 Å². The minimum Gasteiger partial charge on any atom is -0.492 e. The summed E-state index contributed by atoms with van der Waals surface area (Å²) >= 11 is 0. The maximum absolute atomic E-state index is 5.80. The number of guanidine groups is 1. The molecule has 5 nitrogen and oxygen atoms in total. The van der Waals surface area contributed by atoms with E-state index in [-0.39, 0.29) is 24.0 Å². The molecule has 0 unspecified atom stereocenters. The molecule has 0 aliphatic heterocycles. The number of aliphatic imine (C=N–C) groups is 1. The van der Waals surface area contributed by atoms with Crippen LogP contribution in [0.2, 0.25) is 0 Å². The highest BCUT2D eigenvalue weighted by atomic mass is 127. The third kappa shape index (κ3) is 8.19. The molecule has 0 N–H and O–H groups in total. The van der Waals surface area contributed by atoms with Crippen molar-refractivity contribution in [3.63, 3.8) is 0 Å². The van der Waals surface area contributed by atoms with Crippen molar-refractivity contribution in [2.45, 2.75) is 20.4 Å². The largest absolute Gasteiger partial charge is 0.492 e. The number of hydrogen-bond donors (Lipinski definition) is 0. The summed E-state index contributed by atoms with van der Waals surface area (Å²) in [5.74, 6) is 1.88. The molecule has 0 atom stereocenters. The zero-order valence-corrected chi connectivity index (χ0v) is 18.3. The van der Waals surface area contributed by atoms with Gasteiger partial charge in [-0.1, -0.05) is 26.0 Å². The second-order valence-electron chi connectivity index (χ2n) is 5.92. The van der Waals surface area contributed by atoms with E-state index in [4.69, 9.17) is 4.74 Å². The van der Waals surface area contributed by atoms with Crippen LogP contribution >= 0.6 is 24.0 Å². The molecule has 0 amide bonds. The Bertz CT molecular complexity index is 460. The fourth-order valence-corrected chi connectivity index (χ4v) is 2.37. The van der Waals surface area contributed by atoms with Crippen molar-refractivity contribution < 1.29 is 4.74 Å². The Hall–Kier alpha value is -1.02. The van der Waals surface area contributed by atoms with Crippen molar-refractivity contribution in [3.05, 3.63) is 29.8 Å². The minimum atomic E-state index is 0. The summed E-state index contributed by atoms with van der Waals surface area (Å²) in [6.07, 6.45) is 0. The van der Waals surface area contributed by atoms with Gasteiger partial charge in [0.1, 0.15) is 12.4 Å². The Kier molecular flexibility index (Phi) is 11.8. The Morgan fingerprint density at radius 1 is 0.958 bits per heavy atom. The van der Waals surface area contributed by atoms with Gasteiger partial charge in [-0.3, -0.25) is 0 Å². The van der Waals surface area contributed by atoms with Crippen LogP contribution < -0.4 is 4.74 Å². The van der Waals surface area contributed by atoms with Gasteiger partial charge in [-0.25, -0.2) is 4.99 Å². The van der Waals surface area contributed by atoms with E-state index in [2.05, 4.69) is 35.9 Å². The van der Waals surface area contributed by atoms with Crippen LogP contribution in [0.25, 0.3) is 0 Å². The summed E-state index contributed by atoms with van der Waals surface area (Å²) in [4.78, 5) is 11.0. The first-order chi connectivity index (χ1) is 11.0. The molecule has 0 fully saturated rings. The summed E-state index contributed by atoms with van der Waals surface area (Å²) in [6.45, 7) is 8.85. The van der Waals surface area contributed by atoms with E-state index in [1.54, 1.807) is 0 Å². The minimum absolute atomic E-state index is 0. The van der Waals surface area contributed by atoms with Gasteiger partial charge in [0, 0.05) is 34.7 Å². The monoisotopic (exact) mass is 448 g/mol. The predicted octanol–water partition coefficient (Wildman–Crippen LogP) is 3.00. The molecular weight excluding hydrogens is 415 g/mol. The first-order valence-corrected chi connectivity index (χ1v) is 8.31. The van der Waals surface area contributed by atoms with Crippen molar-refractivity contribution in [2.24, 2.45) is 4.99 Å². The maximum Gasteiger partial charge on any atom is 0.195 e. The van der Waals surface area contributed by atoms with Crippen LogP contribution in [-0.2, 0) is 6.54 Å². The smallest absolute Gasteiger partial charge is 0.195 e. The van der Waals surface area contributed by atoms with E-state index in [9.17, 15) is 0 Å². The molecule has 0 bridgehead atoms. The van der Waals surface area contributed by atoms with Crippen LogP contribution in [0, 0.1) is 0 Å². The molecular formula is C18H33IN4O. The lowest BCUT2D eigenvalue weighted by molar-refractivity contribution is 0.223. The summed E-state index contributed by atoms with van der Waals surface area (Å²) in [6, 6.07) is 8.22. The van der Waals surface area contributed by atoms with Gasteiger partial charge in [-0.15, -0.1) is 24.0 Å². The van der Waals surface area contributed by atoms with E-state index in [1.165, 1.54) is 5.56 Å². The summed E-state index contributed by atoms with van der Waals surface area (Å²) in [5, 5.41) is 0. The Morgan fingerprint density at radius 3 is 1.96 bits per heavy atom. The molecule has 1 rings (SSSR count).